The second-order valence-corrected chi connectivity index (χ2v) is 7.92. The molecule has 2 saturated carbocycles. The molecule has 3 nitrogen and oxygen atoms in total. The van der Waals surface area contributed by atoms with Gasteiger partial charge >= 0.3 is 0 Å². The van der Waals surface area contributed by atoms with Crippen molar-refractivity contribution in [3.05, 3.63) is 0 Å². The van der Waals surface area contributed by atoms with Gasteiger partial charge in [0.2, 0.25) is 0 Å². The van der Waals surface area contributed by atoms with Gasteiger partial charge in [-0.3, -0.25) is 0 Å². The summed E-state index contributed by atoms with van der Waals surface area (Å²) in [7, 11) is 0. The van der Waals surface area contributed by atoms with Gasteiger partial charge in [0.25, 0.3) is 0 Å². The molecule has 0 aromatic heterocycles. The van der Waals surface area contributed by atoms with E-state index in [1.165, 1.54) is 25.7 Å². The molecule has 0 amide bonds. The Labute approximate surface area is 119 Å². The van der Waals surface area contributed by atoms with Crippen LogP contribution in [0.4, 0.5) is 0 Å². The molecule has 2 aliphatic carbocycles. The molecule has 2 N–H and O–H groups in total. The highest BCUT2D eigenvalue weighted by atomic mass is 32.2. The summed E-state index contributed by atoms with van der Waals surface area (Å²) in [6.07, 6.45) is 12.9. The summed E-state index contributed by atoms with van der Waals surface area (Å²) < 4.78 is 20.0. The zero-order valence-corrected chi connectivity index (χ0v) is 12.7. The van der Waals surface area contributed by atoms with Crippen LogP contribution in [-0.4, -0.2) is 24.7 Å². The van der Waals surface area contributed by atoms with E-state index in [9.17, 15) is 9.32 Å². The first-order valence-corrected chi connectivity index (χ1v) is 9.02. The van der Waals surface area contributed by atoms with Gasteiger partial charge in [-0.25, -0.2) is 4.21 Å². The predicted octanol–water partition coefficient (Wildman–Crippen LogP) is 3.63. The fraction of sp³-hybridized carbons (Fsp3) is 1.00. The third-order valence-electron chi connectivity index (χ3n) is 4.69. The summed E-state index contributed by atoms with van der Waals surface area (Å²) in [5, 5.41) is 9.87. The Bertz CT molecular complexity index is 298. The fourth-order valence-electron chi connectivity index (χ4n) is 2.84. The van der Waals surface area contributed by atoms with Gasteiger partial charge in [0.1, 0.15) is 0 Å². The quantitative estimate of drug-likeness (QED) is 0.451. The number of aliphatic hydroxyl groups is 1. The van der Waals surface area contributed by atoms with E-state index in [2.05, 4.69) is 0 Å². The molecule has 2 rings (SSSR count). The average Bonchev–Trinajstić information content (AvgIpc) is 3.25. The maximum Gasteiger partial charge on any atom is 0.159 e. The smallest absolute Gasteiger partial charge is 0.159 e. The molecule has 2 atom stereocenters. The lowest BCUT2D eigenvalue weighted by Crippen LogP contribution is -2.15. The molecule has 0 saturated heterocycles. The van der Waals surface area contributed by atoms with Gasteiger partial charge in [0.15, 0.2) is 11.1 Å². The molecule has 0 aromatic rings. The largest absolute Gasteiger partial charge is 0.393 e. The van der Waals surface area contributed by atoms with Gasteiger partial charge in [-0.1, -0.05) is 44.9 Å². The third-order valence-corrected chi connectivity index (χ3v) is 6.05. The van der Waals surface area contributed by atoms with Crippen molar-refractivity contribution in [2.24, 2.45) is 5.92 Å². The lowest BCUT2D eigenvalue weighted by molar-refractivity contribution is 0.147. The standard InChI is InChI=1S/C15H28O3S/c16-14(6-2-1-5-13-8-9-13)7-3-4-10-15(11-12-15)19(17)18/h13-14,16H,1-12H2,(H,17,18). The Morgan fingerprint density at radius 3 is 2.26 bits per heavy atom. The van der Waals surface area contributed by atoms with Gasteiger partial charge in [0.05, 0.1) is 10.9 Å². The van der Waals surface area contributed by atoms with E-state index >= 15 is 0 Å². The SMILES string of the molecule is O=S(O)C1(CCCCC(O)CCCCC2CC2)CC1. The van der Waals surface area contributed by atoms with Gasteiger partial charge < -0.3 is 9.66 Å². The molecule has 2 fully saturated rings. The molecule has 0 radical (unpaired) electrons. The number of rotatable bonds is 11. The van der Waals surface area contributed by atoms with Gasteiger partial charge in [0, 0.05) is 0 Å². The van der Waals surface area contributed by atoms with Crippen molar-refractivity contribution in [1.82, 2.24) is 0 Å². The molecule has 0 bridgehead atoms. The van der Waals surface area contributed by atoms with Gasteiger partial charge in [-0.05, 0) is 38.0 Å². The first-order chi connectivity index (χ1) is 9.12. The normalized spacial score (nSPS) is 24.1. The number of aliphatic hydroxyl groups excluding tert-OH is 1. The Morgan fingerprint density at radius 1 is 1.11 bits per heavy atom. The van der Waals surface area contributed by atoms with Crippen molar-refractivity contribution in [3.8, 4) is 0 Å². The van der Waals surface area contributed by atoms with Crippen LogP contribution >= 0.6 is 0 Å². The Morgan fingerprint density at radius 2 is 1.74 bits per heavy atom. The molecule has 0 heterocycles. The van der Waals surface area contributed by atoms with Crippen molar-refractivity contribution in [2.45, 2.75) is 87.9 Å². The minimum atomic E-state index is -1.65. The van der Waals surface area contributed by atoms with E-state index < -0.39 is 11.1 Å². The summed E-state index contributed by atoms with van der Waals surface area (Å²) >= 11 is -1.65. The highest BCUT2D eigenvalue weighted by molar-refractivity contribution is 7.81. The Balaban J connectivity index is 1.42. The second kappa shape index (κ2) is 7.19. The molecule has 19 heavy (non-hydrogen) atoms. The van der Waals surface area contributed by atoms with Crippen LogP contribution in [0.5, 0.6) is 0 Å². The predicted molar refractivity (Wildman–Crippen MR) is 78.4 cm³/mol. The molecular formula is C15H28O3S. The van der Waals surface area contributed by atoms with Crippen LogP contribution in [0.2, 0.25) is 0 Å². The zero-order valence-electron chi connectivity index (χ0n) is 11.9. The van der Waals surface area contributed by atoms with Crippen LogP contribution in [0.3, 0.4) is 0 Å². The van der Waals surface area contributed by atoms with Crippen molar-refractivity contribution >= 4 is 11.1 Å². The number of hydrogen-bond acceptors (Lipinski definition) is 2. The first kappa shape index (κ1) is 15.5. The average molecular weight is 288 g/mol. The van der Waals surface area contributed by atoms with Gasteiger partial charge in [-0.15, -0.1) is 0 Å². The third kappa shape index (κ3) is 5.52. The molecule has 2 unspecified atom stereocenters. The lowest BCUT2D eigenvalue weighted by Gasteiger charge is -2.12. The second-order valence-electron chi connectivity index (χ2n) is 6.56. The highest BCUT2D eigenvalue weighted by Gasteiger charge is 2.47. The summed E-state index contributed by atoms with van der Waals surface area (Å²) in [5.41, 5.74) is 0. The minimum Gasteiger partial charge on any atom is -0.393 e. The number of unbranched alkanes of at least 4 members (excludes halogenated alkanes) is 2. The van der Waals surface area contributed by atoms with Gasteiger partial charge in [-0.2, -0.15) is 0 Å². The maximum atomic E-state index is 11.1. The summed E-state index contributed by atoms with van der Waals surface area (Å²) in [5.74, 6) is 1.01. The van der Waals surface area contributed by atoms with Crippen LogP contribution in [0.25, 0.3) is 0 Å². The van der Waals surface area contributed by atoms with Crippen LogP contribution < -0.4 is 0 Å². The Hall–Kier alpha value is 0.0700. The van der Waals surface area contributed by atoms with E-state index in [-0.39, 0.29) is 10.9 Å². The minimum absolute atomic E-state index is 0.158. The lowest BCUT2D eigenvalue weighted by atomic mass is 10.0. The van der Waals surface area contributed by atoms with Crippen molar-refractivity contribution in [2.75, 3.05) is 0 Å². The molecular weight excluding hydrogens is 260 g/mol. The van der Waals surface area contributed by atoms with E-state index in [4.69, 9.17) is 4.55 Å². The molecule has 2 aliphatic rings. The fourth-order valence-corrected chi connectivity index (χ4v) is 3.61. The highest BCUT2D eigenvalue weighted by Crippen LogP contribution is 2.45. The van der Waals surface area contributed by atoms with Crippen molar-refractivity contribution < 1.29 is 13.9 Å². The van der Waals surface area contributed by atoms with Crippen LogP contribution in [0.15, 0.2) is 0 Å². The van der Waals surface area contributed by atoms with Crippen molar-refractivity contribution in [1.29, 1.82) is 0 Å². The molecule has 112 valence electrons. The van der Waals surface area contributed by atoms with Crippen LogP contribution in [-0.2, 0) is 11.1 Å². The Kier molecular flexibility index (Phi) is 5.85. The summed E-state index contributed by atoms with van der Waals surface area (Å²) in [6, 6.07) is 0. The zero-order chi connectivity index (χ0) is 13.7. The van der Waals surface area contributed by atoms with E-state index in [0.29, 0.717) is 0 Å². The molecule has 0 aliphatic heterocycles. The number of hydrogen-bond donors (Lipinski definition) is 2. The van der Waals surface area contributed by atoms with Crippen LogP contribution in [0.1, 0.15) is 77.0 Å². The maximum absolute atomic E-state index is 11.1. The monoisotopic (exact) mass is 288 g/mol. The summed E-state index contributed by atoms with van der Waals surface area (Å²) in [6.45, 7) is 0. The molecule has 0 aromatic carbocycles. The molecule has 0 spiro atoms. The van der Waals surface area contributed by atoms with E-state index in [1.54, 1.807) is 0 Å². The van der Waals surface area contributed by atoms with Crippen LogP contribution in [0, 0.1) is 5.92 Å². The van der Waals surface area contributed by atoms with E-state index in [1.807, 2.05) is 0 Å². The van der Waals surface area contributed by atoms with E-state index in [0.717, 1.165) is 57.3 Å². The summed E-state index contributed by atoms with van der Waals surface area (Å²) in [4.78, 5) is 0. The first-order valence-electron chi connectivity index (χ1n) is 7.91. The van der Waals surface area contributed by atoms with Crippen molar-refractivity contribution in [3.63, 3.8) is 0 Å². The topological polar surface area (TPSA) is 57.5 Å². The molecule has 4 heteroatoms.